The first-order valence-corrected chi connectivity index (χ1v) is 5.38. The predicted molar refractivity (Wildman–Crippen MR) is 60.9 cm³/mol. The number of carboxylic acids is 1. The van der Waals surface area contributed by atoms with Gasteiger partial charge in [-0.25, -0.2) is 4.98 Å². The van der Waals surface area contributed by atoms with Gasteiger partial charge in [0.25, 0.3) is 0 Å². The molecule has 0 bridgehead atoms. The van der Waals surface area contributed by atoms with E-state index in [1.54, 1.807) is 18.3 Å². The molecule has 0 spiro atoms. The summed E-state index contributed by atoms with van der Waals surface area (Å²) < 4.78 is 0. The summed E-state index contributed by atoms with van der Waals surface area (Å²) in [5.41, 5.74) is 0. The minimum Gasteiger partial charge on any atom is -0.480 e. The summed E-state index contributed by atoms with van der Waals surface area (Å²) in [6.45, 7) is 1.70. The summed E-state index contributed by atoms with van der Waals surface area (Å²) in [5, 5.41) is 12.4. The normalized spacial score (nSPS) is 20.8. The van der Waals surface area contributed by atoms with E-state index >= 15 is 0 Å². The molecule has 0 radical (unpaired) electrons. The summed E-state index contributed by atoms with van der Waals surface area (Å²) in [7, 11) is 0. The Morgan fingerprint density at radius 1 is 1.69 bits per heavy atom. The molecule has 1 aliphatic heterocycles. The van der Waals surface area contributed by atoms with Crippen LogP contribution in [0.2, 0.25) is 5.02 Å². The maximum Gasteiger partial charge on any atom is 0.322 e. The zero-order valence-electron chi connectivity index (χ0n) is 8.56. The van der Waals surface area contributed by atoms with Crippen molar-refractivity contribution in [2.75, 3.05) is 24.5 Å². The number of pyridine rings is 1. The molecule has 2 N–H and O–H groups in total. The van der Waals surface area contributed by atoms with Crippen molar-refractivity contribution in [3.8, 4) is 0 Å². The molecule has 0 amide bonds. The van der Waals surface area contributed by atoms with E-state index in [-0.39, 0.29) is 0 Å². The number of piperazine rings is 1. The van der Waals surface area contributed by atoms with Gasteiger partial charge in [-0.15, -0.1) is 0 Å². The van der Waals surface area contributed by atoms with Crippen LogP contribution >= 0.6 is 11.6 Å². The monoisotopic (exact) mass is 241 g/mol. The molecule has 0 saturated carbocycles. The minimum absolute atomic E-state index is 0.381. The average molecular weight is 242 g/mol. The molecular formula is C10H12ClN3O2. The van der Waals surface area contributed by atoms with Crippen LogP contribution < -0.4 is 10.2 Å². The number of halogens is 1. The van der Waals surface area contributed by atoms with Gasteiger partial charge in [-0.2, -0.15) is 0 Å². The van der Waals surface area contributed by atoms with E-state index < -0.39 is 12.0 Å². The fourth-order valence-electron chi connectivity index (χ4n) is 1.72. The van der Waals surface area contributed by atoms with Gasteiger partial charge in [0.15, 0.2) is 0 Å². The lowest BCUT2D eigenvalue weighted by atomic mass is 10.2. The summed E-state index contributed by atoms with van der Waals surface area (Å²) in [4.78, 5) is 16.9. The van der Waals surface area contributed by atoms with Gasteiger partial charge in [-0.3, -0.25) is 4.79 Å². The van der Waals surface area contributed by atoms with Gasteiger partial charge in [0.05, 0.1) is 5.02 Å². The highest BCUT2D eigenvalue weighted by Gasteiger charge is 2.26. The number of nitrogens with one attached hydrogen (secondary N) is 1. The van der Waals surface area contributed by atoms with Gasteiger partial charge in [0.2, 0.25) is 0 Å². The minimum atomic E-state index is -0.850. The van der Waals surface area contributed by atoms with Crippen LogP contribution in [0.4, 0.5) is 5.82 Å². The first-order chi connectivity index (χ1) is 7.68. The van der Waals surface area contributed by atoms with Crippen LogP contribution in [0.1, 0.15) is 0 Å². The van der Waals surface area contributed by atoms with Crippen LogP contribution in [0.25, 0.3) is 0 Å². The third-order valence-electron chi connectivity index (χ3n) is 2.51. The van der Waals surface area contributed by atoms with Crippen molar-refractivity contribution in [3.63, 3.8) is 0 Å². The molecule has 1 aromatic heterocycles. The summed E-state index contributed by atoms with van der Waals surface area (Å²) in [6, 6.07) is 2.94. The highest BCUT2D eigenvalue weighted by molar-refractivity contribution is 6.32. The number of nitrogens with zero attached hydrogens (tertiary/aromatic N) is 2. The fraction of sp³-hybridized carbons (Fsp3) is 0.400. The second kappa shape index (κ2) is 4.67. The largest absolute Gasteiger partial charge is 0.480 e. The van der Waals surface area contributed by atoms with E-state index in [2.05, 4.69) is 10.3 Å². The Labute approximate surface area is 98.0 Å². The van der Waals surface area contributed by atoms with Crippen molar-refractivity contribution < 1.29 is 9.90 Å². The number of hydrogen-bond donors (Lipinski definition) is 2. The molecule has 1 fully saturated rings. The SMILES string of the molecule is O=C(O)C1CN(c2ncccc2Cl)CCN1. The molecule has 86 valence electrons. The van der Waals surface area contributed by atoms with Gasteiger partial charge in [-0.05, 0) is 12.1 Å². The Morgan fingerprint density at radius 2 is 2.50 bits per heavy atom. The standard InChI is InChI=1S/C10H12ClN3O2/c11-7-2-1-3-13-9(7)14-5-4-12-8(6-14)10(15)16/h1-3,8,12H,4-6H2,(H,15,16). The van der Waals surface area contributed by atoms with Gasteiger partial charge >= 0.3 is 5.97 Å². The zero-order chi connectivity index (χ0) is 11.5. The molecule has 2 rings (SSSR count). The Bertz CT molecular complexity index is 399. The van der Waals surface area contributed by atoms with E-state index in [0.717, 1.165) is 0 Å². The van der Waals surface area contributed by atoms with Gasteiger partial charge in [0.1, 0.15) is 11.9 Å². The topological polar surface area (TPSA) is 65.5 Å². The van der Waals surface area contributed by atoms with Crippen molar-refractivity contribution in [2.24, 2.45) is 0 Å². The number of aliphatic carboxylic acids is 1. The summed E-state index contributed by atoms with van der Waals surface area (Å²) >= 11 is 6.01. The van der Waals surface area contributed by atoms with Crippen molar-refractivity contribution in [1.29, 1.82) is 0 Å². The summed E-state index contributed by atoms with van der Waals surface area (Å²) in [6.07, 6.45) is 1.65. The molecule has 1 saturated heterocycles. The highest BCUT2D eigenvalue weighted by Crippen LogP contribution is 2.23. The van der Waals surface area contributed by atoms with Gasteiger partial charge in [0, 0.05) is 25.8 Å². The number of anilines is 1. The molecule has 0 aliphatic carbocycles. The molecule has 1 atom stereocenters. The number of aromatic nitrogens is 1. The predicted octanol–water partition coefficient (Wildman–Crippen LogP) is 0.598. The van der Waals surface area contributed by atoms with E-state index in [1.165, 1.54) is 0 Å². The van der Waals surface area contributed by atoms with E-state index in [4.69, 9.17) is 16.7 Å². The molecule has 6 heteroatoms. The lowest BCUT2D eigenvalue weighted by molar-refractivity contribution is -0.139. The van der Waals surface area contributed by atoms with Crippen LogP contribution in [0.3, 0.4) is 0 Å². The molecule has 1 aliphatic rings. The number of rotatable bonds is 2. The zero-order valence-corrected chi connectivity index (χ0v) is 9.31. The van der Waals surface area contributed by atoms with Crippen LogP contribution in [0.5, 0.6) is 0 Å². The van der Waals surface area contributed by atoms with Gasteiger partial charge in [-0.1, -0.05) is 11.6 Å². The molecule has 2 heterocycles. The van der Waals surface area contributed by atoms with Crippen LogP contribution in [-0.4, -0.2) is 41.7 Å². The number of carboxylic acid groups (broad SMARTS) is 1. The van der Waals surface area contributed by atoms with E-state index in [9.17, 15) is 4.79 Å². The molecule has 16 heavy (non-hydrogen) atoms. The Morgan fingerprint density at radius 3 is 3.19 bits per heavy atom. The van der Waals surface area contributed by atoms with E-state index in [1.807, 2.05) is 4.90 Å². The van der Waals surface area contributed by atoms with Crippen molar-refractivity contribution in [3.05, 3.63) is 23.4 Å². The maximum atomic E-state index is 10.9. The fourth-order valence-corrected chi connectivity index (χ4v) is 1.96. The quantitative estimate of drug-likeness (QED) is 0.794. The second-order valence-electron chi connectivity index (χ2n) is 3.60. The molecule has 5 nitrogen and oxygen atoms in total. The Kier molecular flexibility index (Phi) is 3.26. The third kappa shape index (κ3) is 2.25. The molecule has 1 unspecified atom stereocenters. The molecule has 0 aromatic carbocycles. The first-order valence-electron chi connectivity index (χ1n) is 5.00. The second-order valence-corrected chi connectivity index (χ2v) is 4.01. The average Bonchev–Trinajstić information content (AvgIpc) is 2.30. The van der Waals surface area contributed by atoms with E-state index in [0.29, 0.717) is 30.5 Å². The van der Waals surface area contributed by atoms with Crippen molar-refractivity contribution >= 4 is 23.4 Å². The summed E-state index contributed by atoms with van der Waals surface area (Å²) in [5.74, 6) is -0.200. The van der Waals surface area contributed by atoms with Crippen LogP contribution in [-0.2, 0) is 4.79 Å². The first kappa shape index (κ1) is 11.2. The van der Waals surface area contributed by atoms with Crippen molar-refractivity contribution in [2.45, 2.75) is 6.04 Å². The third-order valence-corrected chi connectivity index (χ3v) is 2.81. The molecule has 1 aromatic rings. The Balaban J connectivity index is 2.16. The number of carbonyl (C=O) groups is 1. The molecular weight excluding hydrogens is 230 g/mol. The van der Waals surface area contributed by atoms with Crippen molar-refractivity contribution in [1.82, 2.24) is 10.3 Å². The maximum absolute atomic E-state index is 10.9. The lowest BCUT2D eigenvalue weighted by Crippen LogP contribution is -2.54. The number of hydrogen-bond acceptors (Lipinski definition) is 4. The van der Waals surface area contributed by atoms with Crippen LogP contribution in [0, 0.1) is 0 Å². The highest BCUT2D eigenvalue weighted by atomic mass is 35.5. The smallest absolute Gasteiger partial charge is 0.322 e. The van der Waals surface area contributed by atoms with Crippen LogP contribution in [0.15, 0.2) is 18.3 Å². The lowest BCUT2D eigenvalue weighted by Gasteiger charge is -2.32. The Hall–Kier alpha value is -1.33. The van der Waals surface area contributed by atoms with Gasteiger partial charge < -0.3 is 15.3 Å².